The van der Waals surface area contributed by atoms with Crippen LogP contribution in [0.5, 0.6) is 5.88 Å². The molecule has 17 heavy (non-hydrogen) atoms. The molecule has 3 heterocycles. The molecule has 0 amide bonds. The highest BCUT2D eigenvalue weighted by molar-refractivity contribution is 6.32. The van der Waals surface area contributed by atoms with E-state index in [0.717, 1.165) is 37.3 Å². The van der Waals surface area contributed by atoms with Gasteiger partial charge in [-0.15, -0.1) is 0 Å². The molecule has 2 aromatic heterocycles. The van der Waals surface area contributed by atoms with Crippen molar-refractivity contribution in [2.75, 3.05) is 13.1 Å². The Kier molecular flexibility index (Phi) is 2.68. The largest absolute Gasteiger partial charge is 0.494 e. The fourth-order valence-corrected chi connectivity index (χ4v) is 2.69. The second kappa shape index (κ2) is 4.20. The summed E-state index contributed by atoms with van der Waals surface area (Å²) in [5.74, 6) is 1.37. The fourth-order valence-electron chi connectivity index (χ4n) is 2.45. The first kappa shape index (κ1) is 10.9. The maximum Gasteiger partial charge on any atom is 0.197 e. The number of piperidine rings is 1. The van der Waals surface area contributed by atoms with E-state index in [0.29, 0.717) is 11.1 Å². The smallest absolute Gasteiger partial charge is 0.197 e. The molecule has 3 rings (SSSR count). The van der Waals surface area contributed by atoms with E-state index in [4.69, 9.17) is 11.6 Å². The van der Waals surface area contributed by atoms with Crippen LogP contribution in [0.2, 0.25) is 5.15 Å². The predicted molar refractivity (Wildman–Crippen MR) is 66.7 cm³/mol. The molecular formula is C12H14ClN3O. The van der Waals surface area contributed by atoms with Gasteiger partial charge in [0.1, 0.15) is 5.82 Å². The summed E-state index contributed by atoms with van der Waals surface area (Å²) in [5.41, 5.74) is 0.771. The van der Waals surface area contributed by atoms with Gasteiger partial charge in [0.2, 0.25) is 0 Å². The van der Waals surface area contributed by atoms with Crippen molar-refractivity contribution in [2.45, 2.75) is 18.8 Å². The third-order valence-corrected chi connectivity index (χ3v) is 3.56. The third kappa shape index (κ3) is 1.77. The van der Waals surface area contributed by atoms with Crippen LogP contribution in [0.25, 0.3) is 5.52 Å². The topological polar surface area (TPSA) is 49.6 Å². The van der Waals surface area contributed by atoms with Crippen molar-refractivity contribution in [3.8, 4) is 5.88 Å². The minimum Gasteiger partial charge on any atom is -0.494 e. The van der Waals surface area contributed by atoms with Gasteiger partial charge in [-0.25, -0.2) is 4.98 Å². The van der Waals surface area contributed by atoms with Gasteiger partial charge in [-0.3, -0.25) is 4.40 Å². The van der Waals surface area contributed by atoms with Gasteiger partial charge in [0, 0.05) is 12.5 Å². The summed E-state index contributed by atoms with van der Waals surface area (Å²) in [6, 6.07) is 5.31. The van der Waals surface area contributed by atoms with E-state index in [1.165, 1.54) is 0 Å². The number of fused-ring (bicyclic) bond motifs is 1. The Morgan fingerprint density at radius 2 is 2.35 bits per heavy atom. The lowest BCUT2D eigenvalue weighted by Crippen LogP contribution is -2.29. The Hall–Kier alpha value is -1.26. The molecule has 90 valence electrons. The van der Waals surface area contributed by atoms with Crippen LogP contribution in [-0.2, 0) is 0 Å². The molecule has 0 spiro atoms. The molecule has 1 aliphatic rings. The summed E-state index contributed by atoms with van der Waals surface area (Å²) >= 11 is 6.11. The van der Waals surface area contributed by atoms with Crippen LogP contribution in [0.1, 0.15) is 24.6 Å². The van der Waals surface area contributed by atoms with Crippen LogP contribution < -0.4 is 5.32 Å². The Morgan fingerprint density at radius 3 is 3.12 bits per heavy atom. The lowest BCUT2D eigenvalue weighted by molar-refractivity contribution is 0.418. The second-order valence-electron chi connectivity index (χ2n) is 4.41. The van der Waals surface area contributed by atoms with Gasteiger partial charge in [0.25, 0.3) is 0 Å². The summed E-state index contributed by atoms with van der Waals surface area (Å²) in [4.78, 5) is 4.40. The van der Waals surface area contributed by atoms with Crippen molar-refractivity contribution >= 4 is 17.1 Å². The summed E-state index contributed by atoms with van der Waals surface area (Å²) in [6.07, 6.45) is 2.21. The maximum absolute atomic E-state index is 9.94. The number of hydrogen-bond acceptors (Lipinski definition) is 3. The van der Waals surface area contributed by atoms with Crippen molar-refractivity contribution in [3.05, 3.63) is 29.2 Å². The average molecular weight is 252 g/mol. The number of hydrogen-bond donors (Lipinski definition) is 2. The lowest BCUT2D eigenvalue weighted by atomic mass is 9.99. The Labute approximate surface area is 104 Å². The first-order chi connectivity index (χ1) is 8.27. The molecule has 1 fully saturated rings. The van der Waals surface area contributed by atoms with Crippen LogP contribution in [0.15, 0.2) is 18.2 Å². The number of nitrogens with one attached hydrogen (secondary N) is 1. The highest BCUT2D eigenvalue weighted by atomic mass is 35.5. The zero-order valence-electron chi connectivity index (χ0n) is 9.36. The van der Waals surface area contributed by atoms with Crippen LogP contribution in [-0.4, -0.2) is 27.6 Å². The van der Waals surface area contributed by atoms with Gasteiger partial charge >= 0.3 is 0 Å². The number of rotatable bonds is 1. The molecular weight excluding hydrogens is 238 g/mol. The first-order valence-electron chi connectivity index (χ1n) is 5.84. The Balaban J connectivity index is 2.15. The SMILES string of the molecule is Oc1cccc2c(Cl)nc(C3CCCNC3)n12. The van der Waals surface area contributed by atoms with Gasteiger partial charge in [-0.05, 0) is 31.5 Å². The zero-order valence-corrected chi connectivity index (χ0v) is 10.1. The van der Waals surface area contributed by atoms with E-state index >= 15 is 0 Å². The molecule has 2 N–H and O–H groups in total. The third-order valence-electron chi connectivity index (χ3n) is 3.28. The normalized spacial score (nSPS) is 20.9. The minimum absolute atomic E-state index is 0.197. The van der Waals surface area contributed by atoms with Crippen LogP contribution >= 0.6 is 11.6 Å². The predicted octanol–water partition coefficient (Wildman–Crippen LogP) is 2.16. The molecule has 1 aliphatic heterocycles. The van der Waals surface area contributed by atoms with E-state index in [2.05, 4.69) is 10.3 Å². The van der Waals surface area contributed by atoms with Crippen LogP contribution in [0.4, 0.5) is 0 Å². The molecule has 0 aliphatic carbocycles. The van der Waals surface area contributed by atoms with Crippen LogP contribution in [0, 0.1) is 0 Å². The maximum atomic E-state index is 9.94. The molecule has 0 saturated carbocycles. The molecule has 0 aromatic carbocycles. The summed E-state index contributed by atoms with van der Waals surface area (Å²) in [5, 5.41) is 13.7. The monoisotopic (exact) mass is 251 g/mol. The second-order valence-corrected chi connectivity index (χ2v) is 4.77. The average Bonchev–Trinajstić information content (AvgIpc) is 2.70. The summed E-state index contributed by atoms with van der Waals surface area (Å²) in [7, 11) is 0. The first-order valence-corrected chi connectivity index (χ1v) is 6.21. The number of halogens is 1. The van der Waals surface area contributed by atoms with E-state index in [1.54, 1.807) is 16.5 Å². The molecule has 1 saturated heterocycles. The summed E-state index contributed by atoms with van der Waals surface area (Å²) in [6.45, 7) is 1.95. The molecule has 4 nitrogen and oxygen atoms in total. The number of nitrogens with zero attached hydrogens (tertiary/aromatic N) is 2. The van der Waals surface area contributed by atoms with Gasteiger partial charge in [0.05, 0.1) is 5.52 Å². The van der Waals surface area contributed by atoms with Gasteiger partial charge in [-0.1, -0.05) is 17.7 Å². The molecule has 5 heteroatoms. The van der Waals surface area contributed by atoms with E-state index < -0.39 is 0 Å². The van der Waals surface area contributed by atoms with E-state index in [9.17, 15) is 5.11 Å². The minimum atomic E-state index is 0.197. The number of aromatic hydroxyl groups is 1. The molecule has 0 bridgehead atoms. The van der Waals surface area contributed by atoms with E-state index in [-0.39, 0.29) is 5.88 Å². The van der Waals surface area contributed by atoms with Crippen molar-refractivity contribution in [3.63, 3.8) is 0 Å². The van der Waals surface area contributed by atoms with Crippen molar-refractivity contribution in [1.82, 2.24) is 14.7 Å². The number of aromatic nitrogens is 2. The van der Waals surface area contributed by atoms with Crippen molar-refractivity contribution < 1.29 is 5.11 Å². The molecule has 2 aromatic rings. The highest BCUT2D eigenvalue weighted by Crippen LogP contribution is 2.30. The fraction of sp³-hybridized carbons (Fsp3) is 0.417. The van der Waals surface area contributed by atoms with Gasteiger partial charge in [0.15, 0.2) is 11.0 Å². The van der Waals surface area contributed by atoms with E-state index in [1.807, 2.05) is 6.07 Å². The molecule has 1 unspecified atom stereocenters. The van der Waals surface area contributed by atoms with Crippen LogP contribution in [0.3, 0.4) is 0 Å². The lowest BCUT2D eigenvalue weighted by Gasteiger charge is -2.21. The number of imidazole rings is 1. The standard InChI is InChI=1S/C12H14ClN3O/c13-11-9-4-1-5-10(17)16(9)12(15-11)8-3-2-6-14-7-8/h1,4-5,8,14,17H,2-3,6-7H2. The highest BCUT2D eigenvalue weighted by Gasteiger charge is 2.22. The zero-order chi connectivity index (χ0) is 11.8. The van der Waals surface area contributed by atoms with Gasteiger partial charge in [-0.2, -0.15) is 0 Å². The Morgan fingerprint density at radius 1 is 1.47 bits per heavy atom. The van der Waals surface area contributed by atoms with Crippen molar-refractivity contribution in [1.29, 1.82) is 0 Å². The summed E-state index contributed by atoms with van der Waals surface area (Å²) < 4.78 is 1.75. The number of pyridine rings is 1. The molecule has 0 radical (unpaired) electrons. The van der Waals surface area contributed by atoms with Crippen molar-refractivity contribution in [2.24, 2.45) is 0 Å². The Bertz CT molecular complexity index is 546. The quantitative estimate of drug-likeness (QED) is 0.817. The molecule has 1 atom stereocenters. The van der Waals surface area contributed by atoms with Gasteiger partial charge < -0.3 is 10.4 Å².